The molecule has 1 rings (SSSR count). The Labute approximate surface area is 259 Å². The summed E-state index contributed by atoms with van der Waals surface area (Å²) in [6.07, 6.45) is 41.9. The Morgan fingerprint density at radius 1 is 0.415 bits per heavy atom. The van der Waals surface area contributed by atoms with Crippen LogP contribution >= 0.6 is 0 Å². The first-order valence-electron chi connectivity index (χ1n) is 19.0. The van der Waals surface area contributed by atoms with E-state index in [1.807, 2.05) is 0 Å². The smallest absolute Gasteiger partial charge is 0.0412 e. The van der Waals surface area contributed by atoms with E-state index in [1.165, 1.54) is 191 Å². The zero-order valence-electron chi connectivity index (χ0n) is 28.6. The Morgan fingerprint density at radius 2 is 0.683 bits per heavy atom. The monoisotopic (exact) mass is 570 g/mol. The van der Waals surface area contributed by atoms with E-state index in [2.05, 4.69) is 45.0 Å². The van der Waals surface area contributed by atoms with Crippen molar-refractivity contribution in [2.45, 2.75) is 219 Å². The van der Waals surface area contributed by atoms with Gasteiger partial charge in [0.25, 0.3) is 0 Å². The number of hydrogen-bond donors (Lipinski definition) is 1. The molecule has 0 atom stereocenters. The number of aryl methyl sites for hydroxylation is 1. The standard InChI is InChI=1S/C40H75N/c1-4-6-8-10-12-14-16-18-20-22-24-26-28-32-36-40(41,39-35-31-30-34-38(39)3)37-33-29-27-25-23-21-19-17-15-13-11-9-7-5-2/h30-31,34-35H,4-29,32-33,36-37,41H2,1-3H3. The zero-order valence-corrected chi connectivity index (χ0v) is 28.6. The van der Waals surface area contributed by atoms with E-state index in [4.69, 9.17) is 5.73 Å². The molecular formula is C40H75N. The number of unbranched alkanes of at least 4 members (excludes halogenated alkanes) is 26. The van der Waals surface area contributed by atoms with Crippen molar-refractivity contribution in [2.75, 3.05) is 0 Å². The molecule has 0 saturated carbocycles. The van der Waals surface area contributed by atoms with Crippen molar-refractivity contribution in [3.8, 4) is 0 Å². The molecule has 0 amide bonds. The molecule has 0 aliphatic carbocycles. The van der Waals surface area contributed by atoms with Gasteiger partial charge in [-0.3, -0.25) is 0 Å². The fourth-order valence-corrected chi connectivity index (χ4v) is 6.80. The van der Waals surface area contributed by atoms with Gasteiger partial charge in [-0.15, -0.1) is 0 Å². The summed E-state index contributed by atoms with van der Waals surface area (Å²) in [6.45, 7) is 6.86. The molecule has 0 fully saturated rings. The van der Waals surface area contributed by atoms with Crippen LogP contribution in [0.25, 0.3) is 0 Å². The SMILES string of the molecule is CCCCCCCCCCCCCCCCC(N)(CCCCCCCCCCCCCCCC)c1ccccc1C. The lowest BCUT2D eigenvalue weighted by Gasteiger charge is -2.32. The first kappa shape index (κ1) is 38.2. The van der Waals surface area contributed by atoms with Crippen molar-refractivity contribution in [1.82, 2.24) is 0 Å². The Kier molecular flexibility index (Phi) is 26.1. The molecule has 0 radical (unpaired) electrons. The predicted octanol–water partition coefficient (Wildman–Crippen LogP) is 13.9. The molecule has 1 nitrogen and oxygen atoms in total. The molecule has 0 saturated heterocycles. The van der Waals surface area contributed by atoms with Crippen molar-refractivity contribution in [3.05, 3.63) is 35.4 Å². The second kappa shape index (κ2) is 28.0. The highest BCUT2D eigenvalue weighted by Crippen LogP contribution is 2.33. The fraction of sp³-hybridized carbons (Fsp3) is 0.850. The maximum absolute atomic E-state index is 7.21. The molecule has 1 aromatic carbocycles. The average molecular weight is 570 g/mol. The minimum Gasteiger partial charge on any atom is -0.321 e. The number of rotatable bonds is 31. The lowest BCUT2D eigenvalue weighted by Crippen LogP contribution is -2.37. The van der Waals surface area contributed by atoms with Gasteiger partial charge in [-0.25, -0.2) is 0 Å². The summed E-state index contributed by atoms with van der Waals surface area (Å²) in [4.78, 5) is 0. The van der Waals surface area contributed by atoms with Crippen LogP contribution in [0.15, 0.2) is 24.3 Å². The van der Waals surface area contributed by atoms with Crippen LogP contribution in [0, 0.1) is 6.92 Å². The molecule has 2 N–H and O–H groups in total. The fourth-order valence-electron chi connectivity index (χ4n) is 6.80. The summed E-state index contributed by atoms with van der Waals surface area (Å²) in [5.41, 5.74) is 9.86. The molecule has 0 heterocycles. The van der Waals surface area contributed by atoms with Gasteiger partial charge in [0.15, 0.2) is 0 Å². The normalized spacial score (nSPS) is 11.9. The maximum atomic E-state index is 7.21. The van der Waals surface area contributed by atoms with Gasteiger partial charge in [0.2, 0.25) is 0 Å². The second-order valence-electron chi connectivity index (χ2n) is 13.7. The molecule has 1 aromatic rings. The molecule has 41 heavy (non-hydrogen) atoms. The van der Waals surface area contributed by atoms with Gasteiger partial charge < -0.3 is 5.73 Å². The van der Waals surface area contributed by atoms with Gasteiger partial charge in [-0.2, -0.15) is 0 Å². The molecule has 0 bridgehead atoms. The van der Waals surface area contributed by atoms with Crippen LogP contribution in [0.2, 0.25) is 0 Å². The maximum Gasteiger partial charge on any atom is 0.0412 e. The van der Waals surface area contributed by atoms with Crippen LogP contribution in [0.3, 0.4) is 0 Å². The zero-order chi connectivity index (χ0) is 29.7. The highest BCUT2D eigenvalue weighted by Gasteiger charge is 2.27. The molecule has 0 aromatic heterocycles. The topological polar surface area (TPSA) is 26.0 Å². The highest BCUT2D eigenvalue weighted by atomic mass is 14.7. The summed E-state index contributed by atoms with van der Waals surface area (Å²) in [5, 5.41) is 0. The summed E-state index contributed by atoms with van der Waals surface area (Å²) < 4.78 is 0. The lowest BCUT2D eigenvalue weighted by atomic mass is 9.79. The van der Waals surface area contributed by atoms with Gasteiger partial charge in [0.1, 0.15) is 0 Å². The summed E-state index contributed by atoms with van der Waals surface area (Å²) in [6, 6.07) is 8.93. The van der Waals surface area contributed by atoms with Crippen molar-refractivity contribution >= 4 is 0 Å². The average Bonchev–Trinajstić information content (AvgIpc) is 2.97. The Balaban J connectivity index is 2.15. The van der Waals surface area contributed by atoms with Crippen molar-refractivity contribution in [2.24, 2.45) is 5.73 Å². The summed E-state index contributed by atoms with van der Waals surface area (Å²) in [7, 11) is 0. The molecular weight excluding hydrogens is 494 g/mol. The minimum absolute atomic E-state index is 0.139. The third kappa shape index (κ3) is 21.5. The Bertz CT molecular complexity index is 633. The molecule has 1 heteroatoms. The van der Waals surface area contributed by atoms with Gasteiger partial charge >= 0.3 is 0 Å². The third-order valence-electron chi connectivity index (χ3n) is 9.63. The van der Waals surface area contributed by atoms with Crippen LogP contribution in [-0.4, -0.2) is 0 Å². The van der Waals surface area contributed by atoms with Gasteiger partial charge in [0.05, 0.1) is 0 Å². The van der Waals surface area contributed by atoms with E-state index < -0.39 is 0 Å². The van der Waals surface area contributed by atoms with E-state index in [0.717, 1.165) is 12.8 Å². The Hall–Kier alpha value is -0.820. The minimum atomic E-state index is -0.139. The van der Waals surface area contributed by atoms with Crippen molar-refractivity contribution in [3.63, 3.8) is 0 Å². The van der Waals surface area contributed by atoms with Crippen molar-refractivity contribution < 1.29 is 0 Å². The van der Waals surface area contributed by atoms with Crippen LogP contribution in [0.5, 0.6) is 0 Å². The number of benzene rings is 1. The summed E-state index contributed by atoms with van der Waals surface area (Å²) >= 11 is 0. The first-order valence-corrected chi connectivity index (χ1v) is 19.0. The van der Waals surface area contributed by atoms with Crippen LogP contribution in [0.4, 0.5) is 0 Å². The van der Waals surface area contributed by atoms with E-state index in [0.29, 0.717) is 0 Å². The number of hydrogen-bond acceptors (Lipinski definition) is 1. The molecule has 0 spiro atoms. The van der Waals surface area contributed by atoms with E-state index in [9.17, 15) is 0 Å². The first-order chi connectivity index (χ1) is 20.1. The predicted molar refractivity (Wildman–Crippen MR) is 187 cm³/mol. The van der Waals surface area contributed by atoms with E-state index >= 15 is 0 Å². The van der Waals surface area contributed by atoms with Gasteiger partial charge in [0, 0.05) is 5.54 Å². The van der Waals surface area contributed by atoms with E-state index in [1.54, 1.807) is 0 Å². The Morgan fingerprint density at radius 3 is 0.976 bits per heavy atom. The van der Waals surface area contributed by atoms with E-state index in [-0.39, 0.29) is 5.54 Å². The van der Waals surface area contributed by atoms with Crippen molar-refractivity contribution in [1.29, 1.82) is 0 Å². The molecule has 240 valence electrons. The van der Waals surface area contributed by atoms with Crippen LogP contribution < -0.4 is 5.73 Å². The van der Waals surface area contributed by atoms with Crippen LogP contribution in [0.1, 0.15) is 218 Å². The molecule has 0 aliphatic heterocycles. The quantitative estimate of drug-likeness (QED) is 0.0884. The number of nitrogens with two attached hydrogens (primary N) is 1. The second-order valence-corrected chi connectivity index (χ2v) is 13.7. The molecule has 0 unspecified atom stereocenters. The third-order valence-corrected chi connectivity index (χ3v) is 9.63. The summed E-state index contributed by atoms with van der Waals surface area (Å²) in [5.74, 6) is 0. The molecule has 0 aliphatic rings. The van der Waals surface area contributed by atoms with Gasteiger partial charge in [-0.1, -0.05) is 218 Å². The largest absolute Gasteiger partial charge is 0.321 e. The lowest BCUT2D eigenvalue weighted by molar-refractivity contribution is 0.341. The highest BCUT2D eigenvalue weighted by molar-refractivity contribution is 5.32. The van der Waals surface area contributed by atoms with Crippen LogP contribution in [-0.2, 0) is 5.54 Å². The van der Waals surface area contributed by atoms with Gasteiger partial charge in [-0.05, 0) is 30.9 Å².